The molecular formula is C64H97ClF3N11O11. The number of hydrogen-bond acceptors (Lipinski definition) is 11. The molecule has 1 saturated heterocycles. The Labute approximate surface area is 534 Å². The zero-order valence-electron chi connectivity index (χ0n) is 55.7. The van der Waals surface area contributed by atoms with Gasteiger partial charge in [0.05, 0.1) is 25.2 Å². The maximum Gasteiger partial charge on any atom is 0.416 e. The van der Waals surface area contributed by atoms with Gasteiger partial charge in [-0.15, -0.1) is 0 Å². The van der Waals surface area contributed by atoms with Gasteiger partial charge in [0.1, 0.15) is 42.3 Å². The Morgan fingerprint density at radius 1 is 0.533 bits per heavy atom. The molecule has 1 fully saturated rings. The molecule has 0 aliphatic carbocycles. The molecule has 1 aliphatic rings. The molecule has 0 spiro atoms. The summed E-state index contributed by atoms with van der Waals surface area (Å²) in [4.78, 5) is 168. The van der Waals surface area contributed by atoms with Gasteiger partial charge in [-0.2, -0.15) is 13.2 Å². The maximum absolute atomic E-state index is 15.1. The van der Waals surface area contributed by atoms with Crippen molar-refractivity contribution >= 4 is 76.6 Å². The van der Waals surface area contributed by atoms with E-state index in [-0.39, 0.29) is 50.4 Å². The van der Waals surface area contributed by atoms with E-state index in [1.807, 2.05) is 34.6 Å². The van der Waals surface area contributed by atoms with Crippen molar-refractivity contribution in [1.82, 2.24) is 55.1 Å². The highest BCUT2D eigenvalue weighted by Crippen LogP contribution is 2.30. The van der Waals surface area contributed by atoms with E-state index in [2.05, 4.69) is 16.0 Å². The molecule has 11 amide bonds. The molecule has 0 saturated carbocycles. The van der Waals surface area contributed by atoms with Crippen molar-refractivity contribution in [2.24, 2.45) is 23.7 Å². The van der Waals surface area contributed by atoms with E-state index in [0.717, 1.165) is 36.6 Å². The molecule has 0 aromatic heterocycles. The largest absolute Gasteiger partial charge is 0.416 e. The number of carbonyl (C=O) groups excluding carboxylic acids is 11. The number of benzene rings is 2. The van der Waals surface area contributed by atoms with E-state index in [4.69, 9.17) is 11.6 Å². The molecule has 1 aliphatic heterocycles. The highest BCUT2D eigenvalue weighted by atomic mass is 35.5. The number of amides is 11. The van der Waals surface area contributed by atoms with Gasteiger partial charge in [-0.05, 0) is 98.6 Å². The topological polar surface area (TPSA) is 250 Å². The second-order valence-electron chi connectivity index (χ2n) is 25.3. The number of aryl methyl sites for hydroxylation is 1. The summed E-state index contributed by atoms with van der Waals surface area (Å²) >= 11 is 6.20. The van der Waals surface area contributed by atoms with Gasteiger partial charge in [-0.1, -0.05) is 97.7 Å². The highest BCUT2D eigenvalue weighted by molar-refractivity contribution is 6.30. The number of nitrogens with zero attached hydrogens (tertiary/aromatic N) is 8. The summed E-state index contributed by atoms with van der Waals surface area (Å²) in [5, 5.41) is 8.72. The summed E-state index contributed by atoms with van der Waals surface area (Å²) < 4.78 is 40.9. The van der Waals surface area contributed by atoms with Gasteiger partial charge in [0, 0.05) is 80.3 Å². The highest BCUT2D eigenvalue weighted by Gasteiger charge is 2.43. The molecule has 0 unspecified atom stereocenters. The van der Waals surface area contributed by atoms with Gasteiger partial charge in [0.25, 0.3) is 0 Å². The van der Waals surface area contributed by atoms with Crippen molar-refractivity contribution in [2.45, 2.75) is 169 Å². The van der Waals surface area contributed by atoms with Crippen molar-refractivity contribution in [3.8, 4) is 0 Å². The van der Waals surface area contributed by atoms with Crippen LogP contribution < -0.4 is 16.0 Å². The fraction of sp³-hybridized carbons (Fsp3) is 0.641. The average Bonchev–Trinajstić information content (AvgIpc) is 0.859. The summed E-state index contributed by atoms with van der Waals surface area (Å²) in [6.07, 6.45) is -4.59. The zero-order valence-corrected chi connectivity index (χ0v) is 56.5. The Kier molecular flexibility index (Phi) is 29.2. The standard InChI is InChI=1S/C64H97ClF3N11O11/c1-19-40(8)55-62(89)74(13)35-53(82)72(11)36-54(83)76(15)50(33-44-22-27-46(65)28-23-44)60(87)73(12)34-51(80)70-47(29-24-43-20-25-45(26-21-43)64(66,67)68)59(86)78(17)49(31-38(4)5)61(88)79(18)56(39(6)7)63(90)77(16)48(30-37(2)3)58(85)69-41(9)32-52(81)75(14)42(10)57(84)71-55/h20-23,25-28,37-42,47-50,55-56H,19,24,29-36H2,1-18H3,(H,69,85)(H,70,80)(H,71,84)/t40-,41+,42-,47-,48-,49-,50-,55-,56-/m0/s1. The number of rotatable bonds is 12. The van der Waals surface area contributed by atoms with E-state index in [1.54, 1.807) is 52.0 Å². The number of carbonyl (C=O) groups is 11. The lowest BCUT2D eigenvalue weighted by atomic mass is 9.95. The van der Waals surface area contributed by atoms with Crippen molar-refractivity contribution in [3.63, 3.8) is 0 Å². The molecule has 2 aromatic rings. The summed E-state index contributed by atoms with van der Waals surface area (Å²) in [5.41, 5.74) is 0.0409. The van der Waals surface area contributed by atoms with Crippen LogP contribution in [0, 0.1) is 23.7 Å². The zero-order chi connectivity index (χ0) is 68.6. The van der Waals surface area contributed by atoms with Crippen LogP contribution in [0.2, 0.25) is 5.02 Å². The summed E-state index contributed by atoms with van der Waals surface area (Å²) in [6.45, 7) is 15.6. The fourth-order valence-electron chi connectivity index (χ4n) is 10.6. The van der Waals surface area contributed by atoms with Crippen molar-refractivity contribution in [3.05, 3.63) is 70.2 Å². The molecule has 0 bridgehead atoms. The third kappa shape index (κ3) is 21.7. The summed E-state index contributed by atoms with van der Waals surface area (Å²) in [7, 11) is 11.0. The molecule has 2 aromatic carbocycles. The third-order valence-corrected chi connectivity index (χ3v) is 16.9. The Morgan fingerprint density at radius 3 is 1.59 bits per heavy atom. The molecule has 9 atom stereocenters. The predicted octanol–water partition coefficient (Wildman–Crippen LogP) is 4.74. The van der Waals surface area contributed by atoms with Crippen LogP contribution in [0.3, 0.4) is 0 Å². The maximum atomic E-state index is 15.1. The van der Waals surface area contributed by atoms with Crippen LogP contribution in [-0.2, 0) is 71.8 Å². The number of likely N-dealkylation sites (N-methyl/N-ethyl adjacent to an activating group) is 8. The first-order valence-corrected chi connectivity index (χ1v) is 31.0. The average molecular weight is 1290 g/mol. The minimum Gasteiger partial charge on any atom is -0.351 e. The van der Waals surface area contributed by atoms with Gasteiger partial charge in [-0.3, -0.25) is 52.7 Å². The van der Waals surface area contributed by atoms with Crippen LogP contribution >= 0.6 is 11.6 Å². The lowest BCUT2D eigenvalue weighted by Crippen LogP contribution is -2.61. The van der Waals surface area contributed by atoms with Crippen LogP contribution in [0.25, 0.3) is 0 Å². The first-order chi connectivity index (χ1) is 41.7. The Balaban J connectivity index is 2.24. The first kappa shape index (κ1) is 76.9. The molecule has 3 rings (SSSR count). The Morgan fingerprint density at radius 2 is 1.06 bits per heavy atom. The lowest BCUT2D eigenvalue weighted by Gasteiger charge is -2.40. The minimum absolute atomic E-state index is 0.0384. The second kappa shape index (κ2) is 34.2. The molecular weight excluding hydrogens is 1190 g/mol. The number of alkyl halides is 3. The van der Waals surface area contributed by atoms with Gasteiger partial charge < -0.3 is 55.1 Å². The van der Waals surface area contributed by atoms with Crippen LogP contribution in [0.15, 0.2) is 48.5 Å². The Hall–Kier alpha value is -7.31. The predicted molar refractivity (Wildman–Crippen MR) is 336 cm³/mol. The van der Waals surface area contributed by atoms with Crippen molar-refractivity contribution < 1.29 is 65.9 Å². The molecule has 26 heteroatoms. The normalized spacial score (nSPS) is 24.1. The van der Waals surface area contributed by atoms with Gasteiger partial charge in [-0.25, -0.2) is 0 Å². The van der Waals surface area contributed by atoms with Crippen LogP contribution in [0.4, 0.5) is 13.2 Å². The minimum atomic E-state index is -4.63. The van der Waals surface area contributed by atoms with Crippen LogP contribution in [0.1, 0.15) is 118 Å². The number of nitrogens with one attached hydrogen (secondary N) is 3. The van der Waals surface area contributed by atoms with E-state index in [0.29, 0.717) is 22.6 Å². The number of halogens is 4. The quantitative estimate of drug-likeness (QED) is 0.262. The Bertz CT molecular complexity index is 2840. The van der Waals surface area contributed by atoms with E-state index in [1.165, 1.54) is 90.1 Å². The SMILES string of the molecule is CC[C@H](C)[C@@H]1NC(=O)[C@H](C)N(C)C(=O)C[C@@H](C)NC(=O)[C@H](CC(C)C)N(C)C(=O)[C@H](C(C)C)N(C)C(=O)[C@H](CC(C)C)N(C)C(=O)[C@H](CCc2ccc(C(F)(F)F)cc2)NC(=O)CN(C)C(=O)[C@H](Cc2ccc(Cl)cc2)N(C)C(=O)CN(C)C(=O)CN(C)C1=O. The van der Waals surface area contributed by atoms with Gasteiger partial charge >= 0.3 is 6.18 Å². The first-order valence-electron chi connectivity index (χ1n) is 30.6. The number of hydrogen-bond donors (Lipinski definition) is 3. The molecule has 502 valence electrons. The smallest absolute Gasteiger partial charge is 0.351 e. The van der Waals surface area contributed by atoms with Crippen LogP contribution in [-0.4, -0.2) is 229 Å². The van der Waals surface area contributed by atoms with Crippen molar-refractivity contribution in [1.29, 1.82) is 0 Å². The van der Waals surface area contributed by atoms with E-state index >= 15 is 9.59 Å². The monoisotopic (exact) mass is 1290 g/mol. The van der Waals surface area contributed by atoms with E-state index < -0.39 is 157 Å². The lowest BCUT2D eigenvalue weighted by molar-refractivity contribution is -0.154. The molecule has 22 nitrogen and oxygen atoms in total. The third-order valence-electron chi connectivity index (χ3n) is 16.7. The van der Waals surface area contributed by atoms with Crippen molar-refractivity contribution in [2.75, 3.05) is 76.0 Å². The van der Waals surface area contributed by atoms with Gasteiger partial charge in [0.2, 0.25) is 65.0 Å². The fourth-order valence-corrected chi connectivity index (χ4v) is 10.7. The van der Waals surface area contributed by atoms with E-state index in [9.17, 15) is 56.3 Å². The van der Waals surface area contributed by atoms with Gasteiger partial charge in [0.15, 0.2) is 0 Å². The van der Waals surface area contributed by atoms with Crippen LogP contribution in [0.5, 0.6) is 0 Å². The molecule has 3 N–H and O–H groups in total. The molecule has 0 radical (unpaired) electrons. The second-order valence-corrected chi connectivity index (χ2v) is 25.8. The molecule has 90 heavy (non-hydrogen) atoms. The summed E-state index contributed by atoms with van der Waals surface area (Å²) in [6, 6.07) is 1.30. The molecule has 1 heterocycles. The summed E-state index contributed by atoms with van der Waals surface area (Å²) in [5.74, 6) is -8.87.